The molecule has 2 saturated carbocycles. The fourth-order valence-electron chi connectivity index (χ4n) is 3.84. The molecule has 0 aromatic rings. The van der Waals surface area contributed by atoms with Crippen molar-refractivity contribution in [1.29, 1.82) is 5.26 Å². The molecule has 0 amide bonds. The van der Waals surface area contributed by atoms with Crippen LogP contribution in [0.2, 0.25) is 0 Å². The minimum Gasteiger partial charge on any atom is -0.388 e. The Morgan fingerprint density at radius 3 is 2.35 bits per heavy atom. The van der Waals surface area contributed by atoms with Gasteiger partial charge < -0.3 is 5.11 Å². The van der Waals surface area contributed by atoms with Crippen molar-refractivity contribution in [3.05, 3.63) is 0 Å². The Morgan fingerprint density at radius 1 is 1.24 bits per heavy atom. The summed E-state index contributed by atoms with van der Waals surface area (Å²) in [7, 11) is 0. The molecule has 2 heteroatoms. The Hall–Kier alpha value is -0.550. The Balaban J connectivity index is 2.16. The summed E-state index contributed by atoms with van der Waals surface area (Å²) >= 11 is 0. The Kier molecular flexibility index (Phi) is 3.50. The molecule has 2 unspecified atom stereocenters. The predicted octanol–water partition coefficient (Wildman–Crippen LogP) is 3.65. The molecule has 2 atom stereocenters. The van der Waals surface area contributed by atoms with Crippen LogP contribution < -0.4 is 0 Å². The summed E-state index contributed by atoms with van der Waals surface area (Å²) in [5.41, 5.74) is -1.13. The van der Waals surface area contributed by atoms with Gasteiger partial charge in [-0.2, -0.15) is 5.26 Å². The summed E-state index contributed by atoms with van der Waals surface area (Å²) < 4.78 is 0. The van der Waals surface area contributed by atoms with Crippen LogP contribution in [0.3, 0.4) is 0 Å². The fraction of sp³-hybridized carbons (Fsp3) is 0.933. The quantitative estimate of drug-likeness (QED) is 0.794. The minimum atomic E-state index is -0.696. The lowest BCUT2D eigenvalue weighted by Crippen LogP contribution is -2.48. The van der Waals surface area contributed by atoms with E-state index in [4.69, 9.17) is 0 Å². The molecule has 17 heavy (non-hydrogen) atoms. The molecule has 1 N–H and O–H groups in total. The van der Waals surface area contributed by atoms with Crippen LogP contribution in [-0.4, -0.2) is 10.7 Å². The topological polar surface area (TPSA) is 44.0 Å². The van der Waals surface area contributed by atoms with Crippen LogP contribution >= 0.6 is 0 Å². The summed E-state index contributed by atoms with van der Waals surface area (Å²) in [5.74, 6) is 1.37. The molecule has 96 valence electrons. The minimum absolute atomic E-state index is 0.437. The number of hydrogen-bond acceptors (Lipinski definition) is 2. The summed E-state index contributed by atoms with van der Waals surface area (Å²) in [6, 6.07) is 2.52. The van der Waals surface area contributed by atoms with E-state index in [-0.39, 0.29) is 0 Å². The fourth-order valence-corrected chi connectivity index (χ4v) is 3.84. The lowest BCUT2D eigenvalue weighted by molar-refractivity contribution is -0.0889. The van der Waals surface area contributed by atoms with Gasteiger partial charge in [0.25, 0.3) is 0 Å². The second kappa shape index (κ2) is 4.61. The third-order valence-corrected chi connectivity index (χ3v) is 5.40. The molecule has 2 nitrogen and oxygen atoms in total. The Labute approximate surface area is 105 Å². The Morgan fingerprint density at radius 2 is 1.88 bits per heavy atom. The number of rotatable bonds is 2. The zero-order valence-electron chi connectivity index (χ0n) is 11.2. The molecule has 0 spiro atoms. The first kappa shape index (κ1) is 12.9. The average Bonchev–Trinajstić information content (AvgIpc) is 2.78. The normalized spacial score (nSPS) is 46.7. The smallest absolute Gasteiger partial charge is 0.0863 e. The van der Waals surface area contributed by atoms with E-state index in [1.807, 2.05) is 0 Å². The van der Waals surface area contributed by atoms with Crippen LogP contribution in [0, 0.1) is 28.6 Å². The van der Waals surface area contributed by atoms with Crippen LogP contribution in [0.15, 0.2) is 0 Å². The summed E-state index contributed by atoms with van der Waals surface area (Å²) in [6.07, 6.45) is 7.93. The first-order valence-corrected chi connectivity index (χ1v) is 7.19. The second-order valence-corrected chi connectivity index (χ2v) is 6.43. The van der Waals surface area contributed by atoms with E-state index in [2.05, 4.69) is 19.9 Å². The van der Waals surface area contributed by atoms with Gasteiger partial charge in [0, 0.05) is 0 Å². The zero-order valence-corrected chi connectivity index (χ0v) is 11.2. The number of aliphatic hydroxyl groups is 1. The molecule has 2 fully saturated rings. The van der Waals surface area contributed by atoms with E-state index in [9.17, 15) is 10.4 Å². The van der Waals surface area contributed by atoms with Crippen molar-refractivity contribution in [3.63, 3.8) is 0 Å². The highest BCUT2D eigenvalue weighted by molar-refractivity contribution is 5.15. The van der Waals surface area contributed by atoms with Gasteiger partial charge in [0.15, 0.2) is 0 Å². The van der Waals surface area contributed by atoms with Crippen molar-refractivity contribution in [1.82, 2.24) is 0 Å². The van der Waals surface area contributed by atoms with Crippen LogP contribution in [0.1, 0.15) is 65.2 Å². The van der Waals surface area contributed by atoms with E-state index >= 15 is 0 Å². The highest BCUT2D eigenvalue weighted by Crippen LogP contribution is 2.54. The predicted molar refractivity (Wildman–Crippen MR) is 68.3 cm³/mol. The summed E-state index contributed by atoms with van der Waals surface area (Å²) in [5, 5.41) is 20.5. The molecular weight excluding hydrogens is 210 g/mol. The maximum Gasteiger partial charge on any atom is 0.0863 e. The first-order chi connectivity index (χ1) is 8.05. The lowest BCUT2D eigenvalue weighted by Gasteiger charge is -2.44. The van der Waals surface area contributed by atoms with E-state index in [0.717, 1.165) is 57.3 Å². The summed E-state index contributed by atoms with van der Waals surface area (Å²) in [4.78, 5) is 0. The number of nitrogens with zero attached hydrogens (tertiary/aromatic N) is 1. The van der Waals surface area contributed by atoms with Gasteiger partial charge in [0.05, 0.1) is 17.1 Å². The van der Waals surface area contributed by atoms with Crippen LogP contribution in [-0.2, 0) is 0 Å². The molecular formula is C15H25NO. The second-order valence-electron chi connectivity index (χ2n) is 6.43. The van der Waals surface area contributed by atoms with Crippen LogP contribution in [0.25, 0.3) is 0 Å². The van der Waals surface area contributed by atoms with Crippen molar-refractivity contribution < 1.29 is 5.11 Å². The molecule has 2 rings (SSSR count). The van der Waals surface area contributed by atoms with Crippen LogP contribution in [0.5, 0.6) is 0 Å². The molecule has 2 aliphatic carbocycles. The van der Waals surface area contributed by atoms with Crippen molar-refractivity contribution in [2.24, 2.45) is 17.3 Å². The van der Waals surface area contributed by atoms with Gasteiger partial charge in [-0.1, -0.05) is 20.3 Å². The monoisotopic (exact) mass is 235 g/mol. The first-order valence-electron chi connectivity index (χ1n) is 7.19. The Bertz CT molecular complexity index is 311. The molecule has 0 aliphatic heterocycles. The molecule has 0 aromatic heterocycles. The van der Waals surface area contributed by atoms with Crippen molar-refractivity contribution in [2.45, 2.75) is 70.8 Å². The molecule has 0 saturated heterocycles. The third-order valence-electron chi connectivity index (χ3n) is 5.40. The summed E-state index contributed by atoms with van der Waals surface area (Å²) in [6.45, 7) is 4.45. The molecule has 0 aromatic carbocycles. The van der Waals surface area contributed by atoms with Crippen molar-refractivity contribution in [3.8, 4) is 6.07 Å². The average molecular weight is 235 g/mol. The SMILES string of the molecule is CCC1CCC(C#N)(C2(O)CCC(C)CC2)C1. The van der Waals surface area contributed by atoms with Gasteiger partial charge in [-0.3, -0.25) is 0 Å². The van der Waals surface area contributed by atoms with Gasteiger partial charge >= 0.3 is 0 Å². The van der Waals surface area contributed by atoms with E-state index in [0.29, 0.717) is 5.92 Å². The number of hydrogen-bond donors (Lipinski definition) is 1. The lowest BCUT2D eigenvalue weighted by atomic mass is 9.63. The van der Waals surface area contributed by atoms with Gasteiger partial charge in [0.2, 0.25) is 0 Å². The zero-order chi connectivity index (χ0) is 12.5. The standard InChI is InChI=1S/C15H25NO/c1-3-13-6-7-14(10-13,11-16)15(17)8-4-12(2)5-9-15/h12-13,17H,3-10H2,1-2H3. The maximum atomic E-state index is 10.9. The molecule has 2 aliphatic rings. The third kappa shape index (κ3) is 2.10. The molecule has 0 heterocycles. The van der Waals surface area contributed by atoms with E-state index in [1.54, 1.807) is 0 Å². The highest BCUT2D eigenvalue weighted by Gasteiger charge is 2.54. The largest absolute Gasteiger partial charge is 0.388 e. The van der Waals surface area contributed by atoms with Gasteiger partial charge in [-0.15, -0.1) is 0 Å². The van der Waals surface area contributed by atoms with Gasteiger partial charge in [-0.25, -0.2) is 0 Å². The van der Waals surface area contributed by atoms with Crippen molar-refractivity contribution >= 4 is 0 Å². The highest BCUT2D eigenvalue weighted by atomic mass is 16.3. The van der Waals surface area contributed by atoms with E-state index in [1.165, 1.54) is 0 Å². The van der Waals surface area contributed by atoms with Crippen LogP contribution in [0.4, 0.5) is 0 Å². The van der Waals surface area contributed by atoms with Gasteiger partial charge in [0.1, 0.15) is 0 Å². The molecule has 0 radical (unpaired) electrons. The number of nitriles is 1. The molecule has 0 bridgehead atoms. The van der Waals surface area contributed by atoms with Crippen molar-refractivity contribution in [2.75, 3.05) is 0 Å². The van der Waals surface area contributed by atoms with E-state index < -0.39 is 11.0 Å². The van der Waals surface area contributed by atoms with Gasteiger partial charge in [-0.05, 0) is 56.8 Å². The maximum absolute atomic E-state index is 10.9.